The second kappa shape index (κ2) is 12.3. The number of hydrogen-bond acceptors (Lipinski definition) is 8. The summed E-state index contributed by atoms with van der Waals surface area (Å²) in [4.78, 5) is 57.4. The Kier molecular flexibility index (Phi) is 8.27. The van der Waals surface area contributed by atoms with Crippen molar-refractivity contribution in [2.24, 2.45) is 17.9 Å². The van der Waals surface area contributed by atoms with Gasteiger partial charge in [-0.25, -0.2) is 13.8 Å². The fourth-order valence-corrected chi connectivity index (χ4v) is 5.59. The van der Waals surface area contributed by atoms with E-state index in [2.05, 4.69) is 27.2 Å². The Hall–Kier alpha value is -5.90. The summed E-state index contributed by atoms with van der Waals surface area (Å²) in [7, 11) is 3.03. The van der Waals surface area contributed by atoms with Crippen molar-refractivity contribution in [3.8, 4) is 45.9 Å². The maximum Gasteiger partial charge on any atom is 0.316 e. The van der Waals surface area contributed by atoms with Crippen molar-refractivity contribution in [3.05, 3.63) is 83.2 Å². The summed E-state index contributed by atoms with van der Waals surface area (Å²) in [6.07, 6.45) is 2.99. The van der Waals surface area contributed by atoms with Gasteiger partial charge in [-0.05, 0) is 62.7 Å². The van der Waals surface area contributed by atoms with E-state index in [1.54, 1.807) is 63.1 Å². The molecule has 4 aromatic rings. The molecular weight excluding hydrogens is 636 g/mol. The third-order valence-electron chi connectivity index (χ3n) is 8.23. The van der Waals surface area contributed by atoms with Crippen LogP contribution in [0, 0.1) is 34.3 Å². The van der Waals surface area contributed by atoms with E-state index in [4.69, 9.17) is 9.47 Å². The molecule has 2 aromatic heterocycles. The lowest BCUT2D eigenvalue weighted by molar-refractivity contribution is -0.143. The topological polar surface area (TPSA) is 133 Å². The number of aromatic nitrogens is 3. The van der Waals surface area contributed by atoms with Crippen LogP contribution in [0.15, 0.2) is 54.9 Å². The van der Waals surface area contributed by atoms with Crippen LogP contribution >= 0.6 is 0 Å². The number of esters is 1. The van der Waals surface area contributed by atoms with Gasteiger partial charge in [-0.2, -0.15) is 5.10 Å². The summed E-state index contributed by atoms with van der Waals surface area (Å²) >= 11 is 0. The van der Waals surface area contributed by atoms with E-state index in [-0.39, 0.29) is 53.4 Å². The SMILES string of the molecule is COc1ccc2c(c1F)C(=O)N(C[C@@]1(C#Cc3ccc(-c4nc(-c5cnn(C)c5)ccc4OC(=O)C(C)(C)C)c(F)c3)CC(=O)NC1=O)C2. The van der Waals surface area contributed by atoms with Crippen molar-refractivity contribution in [3.63, 3.8) is 0 Å². The van der Waals surface area contributed by atoms with E-state index in [9.17, 15) is 23.6 Å². The highest BCUT2D eigenvalue weighted by Crippen LogP contribution is 2.37. The van der Waals surface area contributed by atoms with Crippen LogP contribution in [-0.2, 0) is 28.0 Å². The molecule has 3 amide bonds. The van der Waals surface area contributed by atoms with Crippen molar-refractivity contribution in [2.45, 2.75) is 33.7 Å². The van der Waals surface area contributed by atoms with Gasteiger partial charge >= 0.3 is 5.97 Å². The average Bonchev–Trinajstić information content (AvgIpc) is 3.70. The molecule has 1 atom stereocenters. The predicted octanol–water partition coefficient (Wildman–Crippen LogP) is 4.43. The second-order valence-corrected chi connectivity index (χ2v) is 12.9. The number of pyridine rings is 1. The molecule has 0 unspecified atom stereocenters. The largest absolute Gasteiger partial charge is 0.494 e. The number of fused-ring (bicyclic) bond motifs is 1. The minimum Gasteiger partial charge on any atom is -0.494 e. The molecule has 0 radical (unpaired) electrons. The van der Waals surface area contributed by atoms with Gasteiger partial charge in [0.05, 0.1) is 36.4 Å². The van der Waals surface area contributed by atoms with Crippen LogP contribution in [0.25, 0.3) is 22.5 Å². The Bertz CT molecular complexity index is 2130. The quantitative estimate of drug-likeness (QED) is 0.182. The first-order chi connectivity index (χ1) is 23.2. The standard InChI is InChI=1S/C36H31F2N5O6/c1-35(2,3)34(47)49-27-11-9-25(22-16-39-42(4)17-22)40-31(27)23-8-6-20(14-24(23)37)12-13-36(15-28(44)41-33(36)46)19-43-18-21-7-10-26(48-5)30(38)29(21)32(43)45/h6-11,14,16-17H,15,18-19H2,1-5H3,(H,41,44,46)/t36-/m1/s1. The number of halogens is 2. The summed E-state index contributed by atoms with van der Waals surface area (Å²) in [5, 5.41) is 6.40. The number of hydrogen-bond donors (Lipinski definition) is 1. The summed E-state index contributed by atoms with van der Waals surface area (Å²) in [5.41, 5.74) is -0.881. The number of carbonyl (C=O) groups excluding carboxylic acids is 4. The first-order valence-corrected chi connectivity index (χ1v) is 15.2. The molecule has 49 heavy (non-hydrogen) atoms. The molecule has 2 aromatic carbocycles. The fourth-order valence-electron chi connectivity index (χ4n) is 5.59. The van der Waals surface area contributed by atoms with Crippen LogP contribution in [0.2, 0.25) is 0 Å². The van der Waals surface area contributed by atoms with Crippen molar-refractivity contribution < 1.29 is 37.4 Å². The van der Waals surface area contributed by atoms with Crippen LogP contribution < -0.4 is 14.8 Å². The van der Waals surface area contributed by atoms with E-state index in [0.717, 1.165) is 6.07 Å². The summed E-state index contributed by atoms with van der Waals surface area (Å²) in [5.74, 6) is 1.50. The number of nitrogens with one attached hydrogen (secondary N) is 1. The van der Waals surface area contributed by atoms with Crippen LogP contribution in [0.5, 0.6) is 11.5 Å². The van der Waals surface area contributed by atoms with Gasteiger partial charge in [0.25, 0.3) is 5.91 Å². The van der Waals surface area contributed by atoms with Gasteiger partial charge in [0.15, 0.2) is 17.3 Å². The van der Waals surface area contributed by atoms with Gasteiger partial charge in [-0.15, -0.1) is 0 Å². The minimum absolute atomic E-state index is 0.00344. The van der Waals surface area contributed by atoms with Gasteiger partial charge in [0, 0.05) is 43.0 Å². The molecule has 1 saturated heterocycles. The van der Waals surface area contributed by atoms with Crippen molar-refractivity contribution in [2.75, 3.05) is 13.7 Å². The van der Waals surface area contributed by atoms with E-state index >= 15 is 4.39 Å². The molecule has 250 valence electrons. The fraction of sp³-hybridized carbons (Fsp3) is 0.278. The third-order valence-corrected chi connectivity index (χ3v) is 8.23. The number of rotatable bonds is 6. The zero-order valence-corrected chi connectivity index (χ0v) is 27.3. The molecule has 0 spiro atoms. The Labute approximate surface area is 280 Å². The Morgan fingerprint density at radius 2 is 1.84 bits per heavy atom. The predicted molar refractivity (Wildman–Crippen MR) is 172 cm³/mol. The lowest BCUT2D eigenvalue weighted by Gasteiger charge is -2.25. The van der Waals surface area contributed by atoms with Gasteiger partial charge in [-0.3, -0.25) is 29.2 Å². The molecule has 0 bridgehead atoms. The smallest absolute Gasteiger partial charge is 0.316 e. The highest BCUT2D eigenvalue weighted by atomic mass is 19.1. The molecule has 6 rings (SSSR count). The Balaban J connectivity index is 1.34. The lowest BCUT2D eigenvalue weighted by atomic mass is 9.85. The van der Waals surface area contributed by atoms with Crippen molar-refractivity contribution >= 4 is 23.7 Å². The molecule has 1 N–H and O–H groups in total. The average molecular weight is 668 g/mol. The highest BCUT2D eigenvalue weighted by molar-refractivity contribution is 6.08. The monoisotopic (exact) mass is 667 g/mol. The first-order valence-electron chi connectivity index (χ1n) is 15.2. The molecule has 11 nitrogen and oxygen atoms in total. The molecule has 13 heteroatoms. The third kappa shape index (κ3) is 6.25. The number of imide groups is 1. The van der Waals surface area contributed by atoms with Gasteiger partial charge in [-0.1, -0.05) is 17.9 Å². The van der Waals surface area contributed by atoms with Crippen LogP contribution in [-0.4, -0.2) is 57.0 Å². The maximum atomic E-state index is 15.9. The maximum absolute atomic E-state index is 15.9. The normalized spacial score (nSPS) is 17.0. The van der Waals surface area contributed by atoms with Crippen LogP contribution in [0.3, 0.4) is 0 Å². The minimum atomic E-state index is -1.67. The zero-order chi connectivity index (χ0) is 35.2. The molecule has 2 aliphatic heterocycles. The van der Waals surface area contributed by atoms with Gasteiger partial charge in [0.2, 0.25) is 11.8 Å². The van der Waals surface area contributed by atoms with Gasteiger partial charge in [0.1, 0.15) is 16.9 Å². The molecular formula is C36H31F2N5O6. The molecule has 0 saturated carbocycles. The van der Waals surface area contributed by atoms with E-state index < -0.39 is 46.2 Å². The summed E-state index contributed by atoms with van der Waals surface area (Å²) < 4.78 is 43.1. The molecule has 4 heterocycles. The number of methoxy groups -OCH3 is 1. The highest BCUT2D eigenvalue weighted by Gasteiger charge is 2.49. The number of nitrogens with zero attached hydrogens (tertiary/aromatic N) is 4. The van der Waals surface area contributed by atoms with Crippen LogP contribution in [0.4, 0.5) is 8.78 Å². The van der Waals surface area contributed by atoms with Gasteiger partial charge < -0.3 is 14.4 Å². The van der Waals surface area contributed by atoms with Crippen molar-refractivity contribution in [1.82, 2.24) is 25.0 Å². The lowest BCUT2D eigenvalue weighted by Crippen LogP contribution is -2.42. The van der Waals surface area contributed by atoms with E-state index in [0.29, 0.717) is 16.8 Å². The number of aryl methyl sites for hydroxylation is 1. The first kappa shape index (κ1) is 33.0. The van der Waals surface area contributed by atoms with E-state index in [1.807, 2.05) is 0 Å². The molecule has 0 aliphatic carbocycles. The Morgan fingerprint density at radius 3 is 2.47 bits per heavy atom. The summed E-state index contributed by atoms with van der Waals surface area (Å²) in [6.45, 7) is 4.77. The summed E-state index contributed by atoms with van der Waals surface area (Å²) in [6, 6.07) is 10.2. The molecule has 1 fully saturated rings. The van der Waals surface area contributed by atoms with E-state index in [1.165, 1.54) is 30.2 Å². The van der Waals surface area contributed by atoms with Crippen LogP contribution in [0.1, 0.15) is 48.7 Å². The molecule has 2 aliphatic rings. The number of carbonyl (C=O) groups is 4. The zero-order valence-electron chi connectivity index (χ0n) is 27.3. The van der Waals surface area contributed by atoms with Crippen molar-refractivity contribution in [1.29, 1.82) is 0 Å². The number of ether oxygens (including phenoxy) is 2. The Morgan fingerprint density at radius 1 is 1.08 bits per heavy atom. The second-order valence-electron chi connectivity index (χ2n) is 12.9. The number of amides is 3. The number of benzene rings is 2.